The van der Waals surface area contributed by atoms with Crippen molar-refractivity contribution < 1.29 is 23.9 Å². The van der Waals surface area contributed by atoms with Crippen molar-refractivity contribution in [2.24, 2.45) is 5.92 Å². The van der Waals surface area contributed by atoms with Crippen molar-refractivity contribution in [2.45, 2.75) is 39.3 Å². The van der Waals surface area contributed by atoms with E-state index in [9.17, 15) is 14.4 Å². The number of carbonyl (C=O) groups is 3. The van der Waals surface area contributed by atoms with Gasteiger partial charge in [-0.15, -0.1) is 0 Å². The number of ether oxygens (including phenoxy) is 2. The number of amides is 3. The Kier molecular flexibility index (Phi) is 8.87. The van der Waals surface area contributed by atoms with E-state index in [-0.39, 0.29) is 42.4 Å². The minimum absolute atomic E-state index is 0.0164. The van der Waals surface area contributed by atoms with Gasteiger partial charge < -0.3 is 24.6 Å². The predicted molar refractivity (Wildman–Crippen MR) is 135 cm³/mol. The number of nitrogens with one attached hydrogen (secondary N) is 1. The number of methoxy groups -OCH3 is 1. The van der Waals surface area contributed by atoms with Crippen LogP contribution in [0.5, 0.6) is 5.75 Å². The molecule has 2 aromatic rings. The summed E-state index contributed by atoms with van der Waals surface area (Å²) in [6.45, 7) is 6.87. The topological polar surface area (TPSA) is 88.2 Å². The lowest BCUT2D eigenvalue weighted by molar-refractivity contribution is -0.135. The van der Waals surface area contributed by atoms with Crippen molar-refractivity contribution in [1.82, 2.24) is 9.80 Å². The summed E-state index contributed by atoms with van der Waals surface area (Å²) in [5.74, 6) is -0.0563. The van der Waals surface area contributed by atoms with E-state index in [1.807, 2.05) is 31.7 Å². The summed E-state index contributed by atoms with van der Waals surface area (Å²) in [6.07, 6.45) is 0.149. The van der Waals surface area contributed by atoms with Crippen molar-refractivity contribution in [3.05, 3.63) is 59.7 Å². The molecule has 0 unspecified atom stereocenters. The Morgan fingerprint density at radius 3 is 2.49 bits per heavy atom. The van der Waals surface area contributed by atoms with Gasteiger partial charge in [-0.25, -0.2) is 0 Å². The van der Waals surface area contributed by atoms with Crippen LogP contribution in [0.15, 0.2) is 48.5 Å². The molecule has 0 aliphatic carbocycles. The first-order chi connectivity index (χ1) is 16.7. The molecule has 0 saturated heterocycles. The molecule has 1 aliphatic rings. The molecule has 0 aromatic heterocycles. The molecule has 0 bridgehead atoms. The van der Waals surface area contributed by atoms with E-state index in [0.717, 1.165) is 0 Å². The van der Waals surface area contributed by atoms with Gasteiger partial charge in [0.05, 0.1) is 17.7 Å². The van der Waals surface area contributed by atoms with Crippen LogP contribution in [0.2, 0.25) is 0 Å². The van der Waals surface area contributed by atoms with E-state index in [1.54, 1.807) is 61.5 Å². The van der Waals surface area contributed by atoms with Gasteiger partial charge in [-0.2, -0.15) is 0 Å². The van der Waals surface area contributed by atoms with Crippen LogP contribution in [0.1, 0.15) is 47.9 Å². The highest BCUT2D eigenvalue weighted by Crippen LogP contribution is 2.27. The fraction of sp³-hybridized carbons (Fsp3) is 0.444. The molecule has 8 nitrogen and oxygen atoms in total. The maximum atomic E-state index is 13.3. The highest BCUT2D eigenvalue weighted by atomic mass is 16.5. The molecule has 3 amide bonds. The highest BCUT2D eigenvalue weighted by Gasteiger charge is 2.30. The average molecular weight is 482 g/mol. The lowest BCUT2D eigenvalue weighted by Crippen LogP contribution is -2.48. The summed E-state index contributed by atoms with van der Waals surface area (Å²) >= 11 is 0. The third-order valence-electron chi connectivity index (χ3n) is 6.36. The first kappa shape index (κ1) is 26.2. The fourth-order valence-corrected chi connectivity index (χ4v) is 4.19. The van der Waals surface area contributed by atoms with Gasteiger partial charge in [-0.05, 0) is 31.2 Å². The van der Waals surface area contributed by atoms with E-state index < -0.39 is 0 Å². The van der Waals surface area contributed by atoms with E-state index in [2.05, 4.69) is 5.32 Å². The Labute approximate surface area is 207 Å². The number of hydrogen-bond acceptors (Lipinski definition) is 5. The molecule has 8 heteroatoms. The van der Waals surface area contributed by atoms with Gasteiger partial charge in [-0.3, -0.25) is 14.4 Å². The standard InChI is InChI=1S/C27H35N3O5/c1-6-25(31)30-15-18(2)24(34-5)16-29(4)27(33)22-13-12-21(14-23(22)35-17-19(30)3)28-26(32)20-10-8-7-9-11-20/h7-14,18-19,24H,6,15-17H2,1-5H3,(H,28,32)/t18-,19+,24+/m0/s1. The van der Waals surface area contributed by atoms with Gasteiger partial charge in [0.2, 0.25) is 5.91 Å². The van der Waals surface area contributed by atoms with Crippen molar-refractivity contribution in [3.8, 4) is 5.75 Å². The van der Waals surface area contributed by atoms with Crippen molar-refractivity contribution in [1.29, 1.82) is 0 Å². The zero-order valence-electron chi connectivity index (χ0n) is 21.1. The minimum atomic E-state index is -0.257. The van der Waals surface area contributed by atoms with Crippen LogP contribution in [0.4, 0.5) is 5.69 Å². The Bertz CT molecular complexity index is 1040. The Morgan fingerprint density at radius 1 is 1.11 bits per heavy atom. The van der Waals surface area contributed by atoms with Crippen LogP contribution in [-0.2, 0) is 9.53 Å². The summed E-state index contributed by atoms with van der Waals surface area (Å²) in [7, 11) is 3.35. The Hall–Kier alpha value is -3.39. The normalized spacial score (nSPS) is 21.3. The van der Waals surface area contributed by atoms with E-state index in [4.69, 9.17) is 9.47 Å². The smallest absolute Gasteiger partial charge is 0.257 e. The Balaban J connectivity index is 1.94. The van der Waals surface area contributed by atoms with Gasteiger partial charge >= 0.3 is 0 Å². The Morgan fingerprint density at radius 2 is 1.83 bits per heavy atom. The molecule has 0 radical (unpaired) electrons. The van der Waals surface area contributed by atoms with Crippen LogP contribution in [0.3, 0.4) is 0 Å². The molecule has 1 aliphatic heterocycles. The van der Waals surface area contributed by atoms with E-state index in [0.29, 0.717) is 42.1 Å². The molecule has 1 N–H and O–H groups in total. The summed E-state index contributed by atoms with van der Waals surface area (Å²) in [5.41, 5.74) is 1.42. The van der Waals surface area contributed by atoms with E-state index in [1.165, 1.54) is 0 Å². The van der Waals surface area contributed by atoms with Gasteiger partial charge in [-0.1, -0.05) is 32.0 Å². The van der Waals surface area contributed by atoms with Crippen molar-refractivity contribution >= 4 is 23.4 Å². The molecule has 3 rings (SSSR count). The fourth-order valence-electron chi connectivity index (χ4n) is 4.19. The van der Waals surface area contributed by atoms with Crippen LogP contribution in [0, 0.1) is 5.92 Å². The second kappa shape index (κ2) is 11.8. The van der Waals surface area contributed by atoms with Crippen molar-refractivity contribution in [3.63, 3.8) is 0 Å². The zero-order valence-corrected chi connectivity index (χ0v) is 21.1. The second-order valence-electron chi connectivity index (χ2n) is 9.03. The number of benzene rings is 2. The third kappa shape index (κ3) is 6.39. The molecule has 3 atom stereocenters. The number of rotatable bonds is 4. The van der Waals surface area contributed by atoms with Crippen LogP contribution in [-0.4, -0.2) is 73.5 Å². The number of hydrogen-bond donors (Lipinski definition) is 1. The molecule has 2 aromatic carbocycles. The summed E-state index contributed by atoms with van der Waals surface area (Å²) in [4.78, 5) is 42.1. The van der Waals surface area contributed by atoms with Gasteiger partial charge in [0.25, 0.3) is 11.8 Å². The number of likely N-dealkylation sites (N-methyl/N-ethyl adjacent to an activating group) is 1. The maximum Gasteiger partial charge on any atom is 0.257 e. The van der Waals surface area contributed by atoms with Crippen molar-refractivity contribution in [2.75, 3.05) is 39.2 Å². The van der Waals surface area contributed by atoms with Gasteiger partial charge in [0.1, 0.15) is 12.4 Å². The number of anilines is 1. The number of fused-ring (bicyclic) bond motifs is 1. The third-order valence-corrected chi connectivity index (χ3v) is 6.36. The van der Waals surface area contributed by atoms with Crippen LogP contribution >= 0.6 is 0 Å². The van der Waals surface area contributed by atoms with Crippen LogP contribution < -0.4 is 10.1 Å². The lowest BCUT2D eigenvalue weighted by atomic mass is 10.0. The number of carbonyl (C=O) groups excluding carboxylic acids is 3. The zero-order chi connectivity index (χ0) is 25.5. The molecule has 0 saturated carbocycles. The average Bonchev–Trinajstić information content (AvgIpc) is 2.87. The summed E-state index contributed by atoms with van der Waals surface area (Å²) in [6, 6.07) is 13.7. The first-order valence-electron chi connectivity index (χ1n) is 12.0. The molecule has 1 heterocycles. The second-order valence-corrected chi connectivity index (χ2v) is 9.03. The SMILES string of the molecule is CCC(=O)N1C[C@H](C)[C@H](OC)CN(C)C(=O)c2ccc(NC(=O)c3ccccc3)cc2OC[C@H]1C. The molecular formula is C27H35N3O5. The van der Waals surface area contributed by atoms with Crippen LogP contribution in [0.25, 0.3) is 0 Å². The predicted octanol–water partition coefficient (Wildman–Crippen LogP) is 3.68. The maximum absolute atomic E-state index is 13.3. The summed E-state index contributed by atoms with van der Waals surface area (Å²) in [5, 5.41) is 2.86. The summed E-state index contributed by atoms with van der Waals surface area (Å²) < 4.78 is 11.8. The molecule has 188 valence electrons. The van der Waals surface area contributed by atoms with Gasteiger partial charge in [0.15, 0.2) is 0 Å². The molecule has 0 fully saturated rings. The number of nitrogens with zero attached hydrogens (tertiary/aromatic N) is 2. The monoisotopic (exact) mass is 481 g/mol. The lowest BCUT2D eigenvalue weighted by Gasteiger charge is -2.36. The minimum Gasteiger partial charge on any atom is -0.491 e. The van der Waals surface area contributed by atoms with E-state index >= 15 is 0 Å². The van der Waals surface area contributed by atoms with Gasteiger partial charge in [0, 0.05) is 56.9 Å². The highest BCUT2D eigenvalue weighted by molar-refractivity contribution is 6.05. The quantitative estimate of drug-likeness (QED) is 0.720. The largest absolute Gasteiger partial charge is 0.491 e. The molecular weight excluding hydrogens is 446 g/mol. The first-order valence-corrected chi connectivity index (χ1v) is 12.0. The molecule has 35 heavy (non-hydrogen) atoms. The molecule has 0 spiro atoms.